The van der Waals surface area contributed by atoms with E-state index in [-0.39, 0.29) is 0 Å². The monoisotopic (exact) mass is 240 g/mol. The smallest absolute Gasteiger partial charge is 0.00914 e. The Bertz CT molecular complexity index is 172. The van der Waals surface area contributed by atoms with Gasteiger partial charge in [-0.2, -0.15) is 0 Å². The Balaban J connectivity index is 1.99. The van der Waals surface area contributed by atoms with Gasteiger partial charge in [0.05, 0.1) is 0 Å². The van der Waals surface area contributed by atoms with Gasteiger partial charge in [-0.1, -0.05) is 33.6 Å². The fraction of sp³-hybridized carbons (Fsp3) is 1.00. The summed E-state index contributed by atoms with van der Waals surface area (Å²) in [6, 6.07) is 0.793. The molecule has 2 nitrogen and oxygen atoms in total. The number of rotatable bonds is 8. The average Bonchev–Trinajstić information content (AvgIpc) is 2.33. The van der Waals surface area contributed by atoms with Crippen LogP contribution in [0.2, 0.25) is 0 Å². The van der Waals surface area contributed by atoms with E-state index >= 15 is 0 Å². The second-order valence-corrected chi connectivity index (χ2v) is 5.96. The minimum Gasteiger partial charge on any atom is -0.314 e. The molecule has 0 aliphatic carbocycles. The van der Waals surface area contributed by atoms with Crippen LogP contribution in [0.1, 0.15) is 59.3 Å². The zero-order valence-electron chi connectivity index (χ0n) is 12.2. The summed E-state index contributed by atoms with van der Waals surface area (Å²) in [7, 11) is 0. The van der Waals surface area contributed by atoms with Crippen molar-refractivity contribution in [2.24, 2.45) is 5.92 Å². The maximum absolute atomic E-state index is 3.65. The van der Waals surface area contributed by atoms with Gasteiger partial charge in [0.1, 0.15) is 0 Å². The van der Waals surface area contributed by atoms with Crippen molar-refractivity contribution in [1.29, 1.82) is 0 Å². The van der Waals surface area contributed by atoms with Crippen molar-refractivity contribution in [3.8, 4) is 0 Å². The summed E-state index contributed by atoms with van der Waals surface area (Å²) in [4.78, 5) is 2.66. The molecule has 2 heteroatoms. The lowest BCUT2D eigenvalue weighted by Gasteiger charge is -2.32. The Morgan fingerprint density at radius 1 is 1.18 bits per heavy atom. The molecule has 0 aromatic heterocycles. The van der Waals surface area contributed by atoms with E-state index in [1.54, 1.807) is 0 Å². The lowest BCUT2D eigenvalue weighted by molar-refractivity contribution is 0.194. The molecule has 0 unspecified atom stereocenters. The van der Waals surface area contributed by atoms with Crippen molar-refractivity contribution in [2.75, 3.05) is 26.2 Å². The zero-order valence-corrected chi connectivity index (χ0v) is 12.2. The van der Waals surface area contributed by atoms with Crippen LogP contribution >= 0.6 is 0 Å². The van der Waals surface area contributed by atoms with Gasteiger partial charge in [0.15, 0.2) is 0 Å². The predicted octanol–water partition coefficient (Wildman–Crippen LogP) is 3.28. The molecule has 0 atom stereocenters. The number of piperidine rings is 1. The van der Waals surface area contributed by atoms with Gasteiger partial charge < -0.3 is 10.2 Å². The van der Waals surface area contributed by atoms with E-state index in [4.69, 9.17) is 0 Å². The van der Waals surface area contributed by atoms with Crippen LogP contribution in [-0.2, 0) is 0 Å². The van der Waals surface area contributed by atoms with Crippen LogP contribution in [0, 0.1) is 5.92 Å². The van der Waals surface area contributed by atoms with Gasteiger partial charge in [0, 0.05) is 6.04 Å². The first kappa shape index (κ1) is 15.0. The summed E-state index contributed by atoms with van der Waals surface area (Å²) in [5.74, 6) is 0.874. The van der Waals surface area contributed by atoms with Gasteiger partial charge in [-0.15, -0.1) is 0 Å². The lowest BCUT2D eigenvalue weighted by Crippen LogP contribution is -2.42. The molecule has 1 fully saturated rings. The molecule has 1 aliphatic heterocycles. The van der Waals surface area contributed by atoms with E-state index < -0.39 is 0 Å². The highest BCUT2D eigenvalue weighted by atomic mass is 15.1. The van der Waals surface area contributed by atoms with Crippen LogP contribution in [0.15, 0.2) is 0 Å². The summed E-state index contributed by atoms with van der Waals surface area (Å²) in [6.07, 6.45) is 8.16. The van der Waals surface area contributed by atoms with Crippen molar-refractivity contribution >= 4 is 0 Å². The topological polar surface area (TPSA) is 15.3 Å². The third-order valence-corrected chi connectivity index (χ3v) is 3.78. The van der Waals surface area contributed by atoms with Gasteiger partial charge in [0.2, 0.25) is 0 Å². The minimum atomic E-state index is 0.793. The van der Waals surface area contributed by atoms with Gasteiger partial charge in [-0.3, -0.25) is 0 Å². The molecule has 102 valence electrons. The molecule has 0 aromatic carbocycles. The van der Waals surface area contributed by atoms with Crippen LogP contribution in [0.25, 0.3) is 0 Å². The van der Waals surface area contributed by atoms with Crippen LogP contribution in [-0.4, -0.2) is 37.1 Å². The molecule has 1 N–H and O–H groups in total. The normalized spacial score (nSPS) is 19.1. The fourth-order valence-electron chi connectivity index (χ4n) is 2.60. The molecule has 1 aliphatic rings. The Hall–Kier alpha value is -0.0800. The molecule has 0 aromatic rings. The Morgan fingerprint density at radius 3 is 2.47 bits per heavy atom. The molecule has 0 saturated carbocycles. The quantitative estimate of drug-likeness (QED) is 0.655. The summed E-state index contributed by atoms with van der Waals surface area (Å²) in [6.45, 7) is 12.0. The SMILES string of the molecule is CCCNC1CCN(CCCCC(C)C)CC1. The van der Waals surface area contributed by atoms with Crippen molar-refractivity contribution in [3.63, 3.8) is 0 Å². The number of likely N-dealkylation sites (tertiary alicyclic amines) is 1. The molecule has 0 radical (unpaired) electrons. The van der Waals surface area contributed by atoms with Crippen molar-refractivity contribution in [1.82, 2.24) is 10.2 Å². The average molecular weight is 240 g/mol. The van der Waals surface area contributed by atoms with E-state index in [9.17, 15) is 0 Å². The largest absolute Gasteiger partial charge is 0.314 e. The molecular weight excluding hydrogens is 208 g/mol. The Morgan fingerprint density at radius 2 is 1.88 bits per heavy atom. The Kier molecular flexibility index (Phi) is 7.87. The summed E-state index contributed by atoms with van der Waals surface area (Å²) < 4.78 is 0. The highest BCUT2D eigenvalue weighted by molar-refractivity contribution is 4.76. The van der Waals surface area contributed by atoms with Crippen molar-refractivity contribution < 1.29 is 0 Å². The molecule has 1 heterocycles. The van der Waals surface area contributed by atoms with Gasteiger partial charge in [-0.05, 0) is 57.8 Å². The highest BCUT2D eigenvalue weighted by Gasteiger charge is 2.17. The zero-order chi connectivity index (χ0) is 12.5. The maximum Gasteiger partial charge on any atom is 0.00914 e. The summed E-state index contributed by atoms with van der Waals surface area (Å²) in [5, 5.41) is 3.65. The molecule has 0 spiro atoms. The molecule has 0 amide bonds. The number of nitrogens with zero attached hydrogens (tertiary/aromatic N) is 1. The number of hydrogen-bond donors (Lipinski definition) is 1. The first-order valence-electron chi connectivity index (χ1n) is 7.68. The maximum atomic E-state index is 3.65. The van der Waals surface area contributed by atoms with E-state index in [1.807, 2.05) is 0 Å². The van der Waals surface area contributed by atoms with Crippen molar-refractivity contribution in [3.05, 3.63) is 0 Å². The van der Waals surface area contributed by atoms with Gasteiger partial charge >= 0.3 is 0 Å². The molecule has 17 heavy (non-hydrogen) atoms. The fourth-order valence-corrected chi connectivity index (χ4v) is 2.60. The molecule has 1 rings (SSSR count). The van der Waals surface area contributed by atoms with Crippen LogP contribution in [0.3, 0.4) is 0 Å². The molecule has 1 saturated heterocycles. The van der Waals surface area contributed by atoms with Crippen LogP contribution in [0.4, 0.5) is 0 Å². The minimum absolute atomic E-state index is 0.793. The summed E-state index contributed by atoms with van der Waals surface area (Å²) >= 11 is 0. The van der Waals surface area contributed by atoms with Crippen LogP contribution < -0.4 is 5.32 Å². The van der Waals surface area contributed by atoms with Gasteiger partial charge in [-0.25, -0.2) is 0 Å². The third kappa shape index (κ3) is 7.05. The number of hydrogen-bond acceptors (Lipinski definition) is 2. The van der Waals surface area contributed by atoms with E-state index in [2.05, 4.69) is 31.0 Å². The Labute approximate surface area is 108 Å². The van der Waals surface area contributed by atoms with Gasteiger partial charge in [0.25, 0.3) is 0 Å². The third-order valence-electron chi connectivity index (χ3n) is 3.78. The van der Waals surface area contributed by atoms with Crippen molar-refractivity contribution in [2.45, 2.75) is 65.3 Å². The summed E-state index contributed by atoms with van der Waals surface area (Å²) in [5.41, 5.74) is 0. The van der Waals surface area contributed by atoms with E-state index in [1.165, 1.54) is 64.7 Å². The van der Waals surface area contributed by atoms with Crippen LogP contribution in [0.5, 0.6) is 0 Å². The second-order valence-electron chi connectivity index (χ2n) is 5.96. The number of nitrogens with one attached hydrogen (secondary N) is 1. The lowest BCUT2D eigenvalue weighted by atomic mass is 10.0. The standard InChI is InChI=1S/C15H32N2/c1-4-10-16-15-8-12-17(13-9-15)11-6-5-7-14(2)3/h14-16H,4-13H2,1-3H3. The molecular formula is C15H32N2. The predicted molar refractivity (Wildman–Crippen MR) is 76.4 cm³/mol. The second kappa shape index (κ2) is 8.93. The molecule has 0 bridgehead atoms. The van der Waals surface area contributed by atoms with E-state index in [0.29, 0.717) is 0 Å². The first-order chi connectivity index (χ1) is 8.22. The highest BCUT2D eigenvalue weighted by Crippen LogP contribution is 2.12. The number of unbranched alkanes of at least 4 members (excludes halogenated alkanes) is 1. The van der Waals surface area contributed by atoms with E-state index in [0.717, 1.165) is 12.0 Å². The first-order valence-corrected chi connectivity index (χ1v) is 7.68.